The Morgan fingerprint density at radius 2 is 2.19 bits per heavy atom. The first-order valence-electron chi connectivity index (χ1n) is 4.77. The molecule has 0 unspecified atom stereocenters. The molecule has 0 aromatic heterocycles. The van der Waals surface area contributed by atoms with Gasteiger partial charge in [-0.1, -0.05) is 0 Å². The summed E-state index contributed by atoms with van der Waals surface area (Å²) in [7, 11) is 1.59. The van der Waals surface area contributed by atoms with Gasteiger partial charge in [-0.3, -0.25) is 0 Å². The third-order valence-electron chi connectivity index (χ3n) is 1.86. The Kier molecular flexibility index (Phi) is 5.12. The highest BCUT2D eigenvalue weighted by Gasteiger charge is 2.03. The Labute approximate surface area is 94.3 Å². The fraction of sp³-hybridized carbons (Fsp3) is 0.364. The van der Waals surface area contributed by atoms with Crippen LogP contribution >= 0.6 is 0 Å². The minimum atomic E-state index is 0.0709. The first-order valence-corrected chi connectivity index (χ1v) is 4.77. The first-order chi connectivity index (χ1) is 7.77. The van der Waals surface area contributed by atoms with Crippen molar-refractivity contribution >= 4 is 5.69 Å². The summed E-state index contributed by atoms with van der Waals surface area (Å²) in [5.41, 5.74) is 6.57. The van der Waals surface area contributed by atoms with Crippen molar-refractivity contribution in [3.63, 3.8) is 0 Å². The minimum Gasteiger partial charge on any atom is -0.466 e. The van der Waals surface area contributed by atoms with Gasteiger partial charge < -0.3 is 19.9 Å². The molecule has 5 heteroatoms. The van der Waals surface area contributed by atoms with Crippen LogP contribution in [-0.2, 0) is 9.47 Å². The van der Waals surface area contributed by atoms with Crippen LogP contribution in [-0.4, -0.2) is 27.1 Å². The highest BCUT2D eigenvalue weighted by Crippen LogP contribution is 2.20. The van der Waals surface area contributed by atoms with Crippen LogP contribution in [0, 0.1) is 11.3 Å². The van der Waals surface area contributed by atoms with E-state index in [1.165, 1.54) is 0 Å². The zero-order valence-corrected chi connectivity index (χ0v) is 9.10. The van der Waals surface area contributed by atoms with Crippen molar-refractivity contribution in [2.24, 2.45) is 0 Å². The van der Waals surface area contributed by atoms with Crippen LogP contribution in [0.3, 0.4) is 0 Å². The van der Waals surface area contributed by atoms with E-state index in [4.69, 9.17) is 25.2 Å². The molecule has 1 aromatic carbocycles. The zero-order chi connectivity index (χ0) is 11.8. The predicted molar refractivity (Wildman–Crippen MR) is 58.9 cm³/mol. The molecule has 0 spiro atoms. The van der Waals surface area contributed by atoms with E-state index in [2.05, 4.69) is 0 Å². The Morgan fingerprint density at radius 1 is 1.38 bits per heavy atom. The number of nitrogens with two attached hydrogens (primary N) is 1. The molecule has 1 aromatic rings. The van der Waals surface area contributed by atoms with E-state index in [0.717, 1.165) is 0 Å². The first kappa shape index (κ1) is 12.3. The number of nitriles is 1. The maximum atomic E-state index is 8.82. The second kappa shape index (κ2) is 6.67. The van der Waals surface area contributed by atoms with Gasteiger partial charge in [0.2, 0.25) is 0 Å². The van der Waals surface area contributed by atoms with Gasteiger partial charge >= 0.3 is 0 Å². The van der Waals surface area contributed by atoms with Gasteiger partial charge in [-0.15, -0.1) is 0 Å². The third-order valence-corrected chi connectivity index (χ3v) is 1.86. The molecule has 0 atom stereocenters. The summed E-state index contributed by atoms with van der Waals surface area (Å²) in [5.74, 6) is 0.430. The second-order valence-electron chi connectivity index (χ2n) is 3.03. The van der Waals surface area contributed by atoms with Crippen molar-refractivity contribution < 1.29 is 14.2 Å². The van der Waals surface area contributed by atoms with Crippen molar-refractivity contribution in [1.29, 1.82) is 5.26 Å². The van der Waals surface area contributed by atoms with E-state index in [1.54, 1.807) is 25.3 Å². The smallest absolute Gasteiger partial charge is 0.189 e. The number of rotatable bonds is 6. The van der Waals surface area contributed by atoms with Gasteiger partial charge in [0.25, 0.3) is 0 Å². The number of ether oxygens (including phenoxy) is 3. The quantitative estimate of drug-likeness (QED) is 0.443. The van der Waals surface area contributed by atoms with Gasteiger partial charge in [-0.05, 0) is 12.1 Å². The molecular formula is C11H14N2O3. The van der Waals surface area contributed by atoms with Gasteiger partial charge in [0, 0.05) is 18.9 Å². The number of anilines is 1. The van der Waals surface area contributed by atoms with Crippen LogP contribution in [0.1, 0.15) is 5.56 Å². The summed E-state index contributed by atoms with van der Waals surface area (Å²) in [6.07, 6.45) is 0. The Morgan fingerprint density at radius 3 is 2.88 bits per heavy atom. The van der Waals surface area contributed by atoms with E-state index in [1.807, 2.05) is 6.07 Å². The van der Waals surface area contributed by atoms with Crippen LogP contribution < -0.4 is 10.5 Å². The van der Waals surface area contributed by atoms with E-state index in [0.29, 0.717) is 30.2 Å². The van der Waals surface area contributed by atoms with Crippen LogP contribution in [0.5, 0.6) is 5.75 Å². The number of methoxy groups -OCH3 is 1. The van der Waals surface area contributed by atoms with E-state index in [9.17, 15) is 0 Å². The van der Waals surface area contributed by atoms with Gasteiger partial charge in [-0.2, -0.15) is 5.26 Å². The molecule has 0 bridgehead atoms. The topological polar surface area (TPSA) is 77.5 Å². The largest absolute Gasteiger partial charge is 0.466 e. The summed E-state index contributed by atoms with van der Waals surface area (Å²) in [6, 6.07) is 6.87. The van der Waals surface area contributed by atoms with Crippen molar-refractivity contribution in [3.8, 4) is 11.8 Å². The summed E-state index contributed by atoms with van der Waals surface area (Å²) in [4.78, 5) is 0. The van der Waals surface area contributed by atoms with Crippen molar-refractivity contribution in [1.82, 2.24) is 0 Å². The molecule has 16 heavy (non-hydrogen) atoms. The Hall–Kier alpha value is -1.77. The molecule has 0 saturated heterocycles. The fourth-order valence-corrected chi connectivity index (χ4v) is 1.06. The summed E-state index contributed by atoms with van der Waals surface area (Å²) >= 11 is 0. The number of hydrogen-bond donors (Lipinski definition) is 1. The number of nitrogen functional groups attached to an aromatic ring is 1. The van der Waals surface area contributed by atoms with Crippen LogP contribution in [0.2, 0.25) is 0 Å². The van der Waals surface area contributed by atoms with Crippen molar-refractivity contribution in [2.45, 2.75) is 0 Å². The van der Waals surface area contributed by atoms with E-state index < -0.39 is 0 Å². The average molecular weight is 222 g/mol. The van der Waals surface area contributed by atoms with E-state index in [-0.39, 0.29) is 6.79 Å². The molecule has 0 heterocycles. The second-order valence-corrected chi connectivity index (χ2v) is 3.03. The van der Waals surface area contributed by atoms with Crippen LogP contribution in [0.15, 0.2) is 18.2 Å². The predicted octanol–water partition coefficient (Wildman–Crippen LogP) is 1.14. The fourth-order valence-electron chi connectivity index (χ4n) is 1.06. The van der Waals surface area contributed by atoms with Crippen LogP contribution in [0.4, 0.5) is 5.69 Å². The molecule has 0 saturated carbocycles. The van der Waals surface area contributed by atoms with E-state index >= 15 is 0 Å². The van der Waals surface area contributed by atoms with Crippen LogP contribution in [0.25, 0.3) is 0 Å². The molecule has 0 radical (unpaired) electrons. The molecule has 0 aliphatic carbocycles. The normalized spacial score (nSPS) is 9.75. The highest BCUT2D eigenvalue weighted by molar-refractivity contribution is 5.52. The molecule has 86 valence electrons. The molecule has 1 rings (SSSR count). The number of hydrogen-bond acceptors (Lipinski definition) is 5. The Bertz CT molecular complexity index is 374. The van der Waals surface area contributed by atoms with Crippen molar-refractivity contribution in [3.05, 3.63) is 23.8 Å². The Balaban J connectivity index is 2.46. The molecule has 2 N–H and O–H groups in total. The molecular weight excluding hydrogens is 208 g/mol. The maximum Gasteiger partial charge on any atom is 0.189 e. The molecule has 0 aliphatic rings. The lowest BCUT2D eigenvalue weighted by molar-refractivity contribution is -0.00856. The molecule has 5 nitrogen and oxygen atoms in total. The van der Waals surface area contributed by atoms with Gasteiger partial charge in [-0.25, -0.2) is 0 Å². The minimum absolute atomic E-state index is 0.0709. The van der Waals surface area contributed by atoms with Gasteiger partial charge in [0.1, 0.15) is 11.8 Å². The van der Waals surface area contributed by atoms with Gasteiger partial charge in [0.15, 0.2) is 6.79 Å². The van der Waals surface area contributed by atoms with Gasteiger partial charge in [0.05, 0.1) is 18.8 Å². The lowest BCUT2D eigenvalue weighted by atomic mass is 10.2. The lowest BCUT2D eigenvalue weighted by Crippen LogP contribution is -2.08. The zero-order valence-electron chi connectivity index (χ0n) is 9.10. The highest BCUT2D eigenvalue weighted by atomic mass is 16.7. The monoisotopic (exact) mass is 222 g/mol. The summed E-state index contributed by atoms with van der Waals surface area (Å²) in [5, 5.41) is 8.82. The number of nitrogens with zero attached hydrogens (tertiary/aromatic N) is 1. The number of benzene rings is 1. The molecule has 0 aliphatic heterocycles. The van der Waals surface area contributed by atoms with Crippen molar-refractivity contribution in [2.75, 3.05) is 32.9 Å². The SMILES string of the molecule is COCCOCOc1cc(N)ccc1C#N. The average Bonchev–Trinajstić information content (AvgIpc) is 2.29. The third kappa shape index (κ3) is 3.77. The summed E-state index contributed by atoms with van der Waals surface area (Å²) < 4.78 is 15.2. The molecule has 0 fully saturated rings. The summed E-state index contributed by atoms with van der Waals surface area (Å²) in [6.45, 7) is 1.02. The standard InChI is InChI=1S/C11H14N2O3/c1-14-4-5-15-8-16-11-6-10(13)3-2-9(11)7-12/h2-3,6H,4-5,8,13H2,1H3. The maximum absolute atomic E-state index is 8.82. The lowest BCUT2D eigenvalue weighted by Gasteiger charge is -2.08. The molecule has 0 amide bonds.